The second-order valence-corrected chi connectivity index (χ2v) is 6.54. The highest BCUT2D eigenvalue weighted by Gasteiger charge is 2.38. The van der Waals surface area contributed by atoms with Crippen LogP contribution >= 0.6 is 23.2 Å². The summed E-state index contributed by atoms with van der Waals surface area (Å²) in [4.78, 5) is 0. The van der Waals surface area contributed by atoms with Crippen LogP contribution in [0.25, 0.3) is 0 Å². The number of ether oxygens (including phenoxy) is 4. The fourth-order valence-corrected chi connectivity index (χ4v) is 3.22. The van der Waals surface area contributed by atoms with Gasteiger partial charge in [-0.3, -0.25) is 0 Å². The first-order chi connectivity index (χ1) is 8.89. The standard InChI is InChI=1S/C12H26Cl2O4Si/c1-5-15-9(3)17-12(19,11(14)7-8-13)18-10(4)16-6-2/h9-11H,5-8H2,1-4,19H3. The fraction of sp³-hybridized carbons (Fsp3) is 1.00. The Hall–Kier alpha value is 0.637. The summed E-state index contributed by atoms with van der Waals surface area (Å²) in [5.41, 5.74) is -0.875. The molecule has 0 fully saturated rings. The first-order valence-corrected chi connectivity index (χ1v) is 8.65. The van der Waals surface area contributed by atoms with E-state index in [1.807, 2.05) is 27.7 Å². The van der Waals surface area contributed by atoms with Gasteiger partial charge in [0.05, 0.1) is 15.6 Å². The van der Waals surface area contributed by atoms with E-state index in [1.165, 1.54) is 0 Å². The molecule has 0 saturated heterocycles. The molecule has 3 atom stereocenters. The van der Waals surface area contributed by atoms with E-state index in [-0.39, 0.29) is 18.0 Å². The molecule has 0 aliphatic carbocycles. The summed E-state index contributed by atoms with van der Waals surface area (Å²) < 4.78 is 22.5. The third-order valence-electron chi connectivity index (χ3n) is 2.53. The highest BCUT2D eigenvalue weighted by atomic mass is 35.5. The van der Waals surface area contributed by atoms with Crippen molar-refractivity contribution in [2.24, 2.45) is 0 Å². The Morgan fingerprint density at radius 3 is 1.79 bits per heavy atom. The maximum atomic E-state index is 6.37. The summed E-state index contributed by atoms with van der Waals surface area (Å²) in [7, 11) is 0.581. The minimum atomic E-state index is -0.875. The summed E-state index contributed by atoms with van der Waals surface area (Å²) in [5.74, 6) is 0.455. The topological polar surface area (TPSA) is 36.9 Å². The highest BCUT2D eigenvalue weighted by molar-refractivity contribution is 6.28. The second-order valence-electron chi connectivity index (χ2n) is 4.24. The van der Waals surface area contributed by atoms with Crippen LogP contribution in [0.4, 0.5) is 0 Å². The number of hydrogen-bond donors (Lipinski definition) is 0. The minimum absolute atomic E-state index is 0.331. The van der Waals surface area contributed by atoms with Crippen molar-refractivity contribution in [1.82, 2.24) is 0 Å². The molecule has 4 nitrogen and oxygen atoms in total. The van der Waals surface area contributed by atoms with Crippen LogP contribution in [-0.2, 0) is 18.9 Å². The van der Waals surface area contributed by atoms with Gasteiger partial charge in [0.2, 0.25) is 0 Å². The van der Waals surface area contributed by atoms with Gasteiger partial charge in [-0.1, -0.05) is 0 Å². The maximum absolute atomic E-state index is 6.37. The molecule has 7 heteroatoms. The van der Waals surface area contributed by atoms with Crippen LogP contribution in [0.3, 0.4) is 0 Å². The Morgan fingerprint density at radius 1 is 1.05 bits per heavy atom. The van der Waals surface area contributed by atoms with Crippen LogP contribution in [0, 0.1) is 0 Å². The predicted molar refractivity (Wildman–Crippen MR) is 82.0 cm³/mol. The van der Waals surface area contributed by atoms with Crippen molar-refractivity contribution >= 4 is 33.4 Å². The summed E-state index contributed by atoms with van der Waals surface area (Å²) in [5, 5.41) is -0.331. The molecule has 0 bridgehead atoms. The molecule has 0 radical (unpaired) electrons. The van der Waals surface area contributed by atoms with Crippen molar-refractivity contribution in [3.05, 3.63) is 0 Å². The van der Waals surface area contributed by atoms with Gasteiger partial charge in [-0.15, -0.1) is 23.2 Å². The SMILES string of the molecule is CCOC(C)OC([SiH3])(OC(C)OCC)C(Cl)CCCl. The first kappa shape index (κ1) is 19.6. The van der Waals surface area contributed by atoms with Crippen LogP contribution in [-0.4, -0.2) is 52.7 Å². The zero-order valence-electron chi connectivity index (χ0n) is 12.4. The molecule has 0 rings (SSSR count). The molecular formula is C12H26Cl2O4Si. The molecule has 0 N–H and O–H groups in total. The molecule has 0 aromatic rings. The lowest BCUT2D eigenvalue weighted by molar-refractivity contribution is -0.308. The highest BCUT2D eigenvalue weighted by Crippen LogP contribution is 2.26. The molecule has 0 heterocycles. The van der Waals surface area contributed by atoms with Gasteiger partial charge < -0.3 is 18.9 Å². The average molecular weight is 333 g/mol. The third-order valence-corrected chi connectivity index (χ3v) is 4.90. The lowest BCUT2D eigenvalue weighted by atomic mass is 10.3. The number of rotatable bonds is 11. The van der Waals surface area contributed by atoms with Crippen LogP contribution in [0.5, 0.6) is 0 Å². The number of halogens is 2. The zero-order chi connectivity index (χ0) is 14.9. The van der Waals surface area contributed by atoms with E-state index < -0.39 is 5.41 Å². The van der Waals surface area contributed by atoms with Crippen molar-refractivity contribution in [2.45, 2.75) is 57.5 Å². The van der Waals surface area contributed by atoms with Gasteiger partial charge >= 0.3 is 0 Å². The Labute approximate surface area is 129 Å². The summed E-state index contributed by atoms with van der Waals surface area (Å²) >= 11 is 12.1. The van der Waals surface area contributed by atoms with Gasteiger partial charge in [0, 0.05) is 19.1 Å². The first-order valence-electron chi connectivity index (χ1n) is 6.68. The maximum Gasteiger partial charge on any atom is 0.163 e. The zero-order valence-corrected chi connectivity index (χ0v) is 16.0. The van der Waals surface area contributed by atoms with Crippen molar-refractivity contribution < 1.29 is 18.9 Å². The van der Waals surface area contributed by atoms with Crippen molar-refractivity contribution in [1.29, 1.82) is 0 Å². The summed E-state index contributed by atoms with van der Waals surface area (Å²) in [6, 6.07) is 0. The van der Waals surface area contributed by atoms with E-state index >= 15 is 0 Å². The van der Waals surface area contributed by atoms with Gasteiger partial charge in [0.1, 0.15) is 0 Å². The second kappa shape index (κ2) is 10.4. The Bertz CT molecular complexity index is 220. The molecule has 3 unspecified atom stereocenters. The van der Waals surface area contributed by atoms with Gasteiger partial charge in [-0.25, -0.2) is 0 Å². The van der Waals surface area contributed by atoms with E-state index in [1.54, 1.807) is 0 Å². The van der Waals surface area contributed by atoms with E-state index in [9.17, 15) is 0 Å². The van der Waals surface area contributed by atoms with Gasteiger partial charge in [-0.2, -0.15) is 0 Å². The monoisotopic (exact) mass is 332 g/mol. The smallest absolute Gasteiger partial charge is 0.163 e. The predicted octanol–water partition coefficient (Wildman–Crippen LogP) is 2.04. The van der Waals surface area contributed by atoms with Crippen LogP contribution in [0.2, 0.25) is 0 Å². The van der Waals surface area contributed by atoms with Crippen LogP contribution < -0.4 is 0 Å². The normalized spacial score (nSPS) is 19.9. The molecule has 0 aliphatic heterocycles. The molecule has 116 valence electrons. The van der Waals surface area contributed by atoms with Crippen LogP contribution in [0.15, 0.2) is 0 Å². The third kappa shape index (κ3) is 7.85. The van der Waals surface area contributed by atoms with Crippen molar-refractivity contribution in [3.63, 3.8) is 0 Å². The molecule has 0 aromatic heterocycles. The van der Waals surface area contributed by atoms with E-state index in [2.05, 4.69) is 0 Å². The fourth-order valence-electron chi connectivity index (χ4n) is 1.73. The summed E-state index contributed by atoms with van der Waals surface area (Å²) in [6.07, 6.45) is -0.162. The van der Waals surface area contributed by atoms with Gasteiger partial charge in [-0.05, 0) is 34.1 Å². The Kier molecular flexibility index (Phi) is 10.7. The number of alkyl halides is 2. The van der Waals surface area contributed by atoms with Crippen molar-refractivity contribution in [3.8, 4) is 0 Å². The lowest BCUT2D eigenvalue weighted by Crippen LogP contribution is -2.50. The minimum Gasteiger partial charge on any atom is -0.353 e. The molecule has 0 aromatic carbocycles. The number of hydrogen-bond acceptors (Lipinski definition) is 4. The van der Waals surface area contributed by atoms with Crippen LogP contribution in [0.1, 0.15) is 34.1 Å². The largest absolute Gasteiger partial charge is 0.353 e. The van der Waals surface area contributed by atoms with Gasteiger partial charge in [0.25, 0.3) is 0 Å². The Balaban J connectivity index is 4.69. The molecule has 0 spiro atoms. The lowest BCUT2D eigenvalue weighted by Gasteiger charge is -2.38. The average Bonchev–Trinajstić information content (AvgIpc) is 2.29. The van der Waals surface area contributed by atoms with Gasteiger partial charge in [0.15, 0.2) is 18.0 Å². The summed E-state index contributed by atoms with van der Waals surface area (Å²) in [6.45, 7) is 8.62. The van der Waals surface area contributed by atoms with E-state index in [4.69, 9.17) is 42.1 Å². The van der Waals surface area contributed by atoms with E-state index in [0.29, 0.717) is 35.8 Å². The molecule has 19 heavy (non-hydrogen) atoms. The quantitative estimate of drug-likeness (QED) is 0.329. The Morgan fingerprint density at radius 2 is 1.47 bits per heavy atom. The molecule has 0 aliphatic rings. The molecular weight excluding hydrogens is 307 g/mol. The molecule has 0 saturated carbocycles. The van der Waals surface area contributed by atoms with E-state index in [0.717, 1.165) is 0 Å². The van der Waals surface area contributed by atoms with Crippen molar-refractivity contribution in [2.75, 3.05) is 19.1 Å². The molecule has 0 amide bonds.